The number of benzene rings is 2. The molecule has 0 saturated heterocycles. The van der Waals surface area contributed by atoms with E-state index in [4.69, 9.17) is 25.8 Å². The molecule has 2 aromatic carbocycles. The van der Waals surface area contributed by atoms with Gasteiger partial charge in [0.1, 0.15) is 11.5 Å². The second kappa shape index (κ2) is 11.1. The van der Waals surface area contributed by atoms with E-state index in [9.17, 15) is 9.59 Å². The van der Waals surface area contributed by atoms with Crippen LogP contribution in [0.1, 0.15) is 32.9 Å². The van der Waals surface area contributed by atoms with Gasteiger partial charge in [-0.1, -0.05) is 23.7 Å². The molecule has 0 amide bonds. The maximum absolute atomic E-state index is 12.7. The van der Waals surface area contributed by atoms with Crippen LogP contribution in [0.3, 0.4) is 0 Å². The molecule has 1 aromatic heterocycles. The van der Waals surface area contributed by atoms with E-state index in [1.807, 2.05) is 51.1 Å². The third-order valence-electron chi connectivity index (χ3n) is 5.51. The van der Waals surface area contributed by atoms with Gasteiger partial charge in [0.2, 0.25) is 5.78 Å². The number of ether oxygens (including phenoxy) is 3. The van der Waals surface area contributed by atoms with Crippen LogP contribution in [-0.2, 0) is 22.5 Å². The van der Waals surface area contributed by atoms with Crippen LogP contribution in [0.25, 0.3) is 0 Å². The van der Waals surface area contributed by atoms with Gasteiger partial charge in [-0.2, -0.15) is 0 Å². The molecule has 0 aliphatic heterocycles. The van der Waals surface area contributed by atoms with Crippen LogP contribution in [0.4, 0.5) is 0 Å². The predicted octanol–water partition coefficient (Wildman–Crippen LogP) is 5.12. The summed E-state index contributed by atoms with van der Waals surface area (Å²) >= 11 is 5.98. The number of carbonyl (C=O) groups excluding carboxylic acids is 2. The van der Waals surface area contributed by atoms with Gasteiger partial charge < -0.3 is 18.8 Å². The lowest BCUT2D eigenvalue weighted by Crippen LogP contribution is -2.20. The van der Waals surface area contributed by atoms with E-state index in [0.717, 1.165) is 35.7 Å². The van der Waals surface area contributed by atoms with Crippen LogP contribution in [0.15, 0.2) is 48.5 Å². The van der Waals surface area contributed by atoms with Gasteiger partial charge in [0, 0.05) is 28.5 Å². The van der Waals surface area contributed by atoms with Crippen LogP contribution in [0, 0.1) is 20.8 Å². The molecule has 0 unspecified atom stereocenters. The number of nitrogens with zero attached hydrogens (tertiary/aromatic N) is 1. The topological polar surface area (TPSA) is 66.8 Å². The zero-order chi connectivity index (χ0) is 24.0. The first kappa shape index (κ1) is 24.4. The fourth-order valence-corrected chi connectivity index (χ4v) is 3.69. The van der Waals surface area contributed by atoms with Crippen LogP contribution in [0.5, 0.6) is 11.5 Å². The Labute approximate surface area is 199 Å². The number of ketones is 1. The number of aryl methyl sites for hydroxylation is 3. The van der Waals surface area contributed by atoms with Crippen molar-refractivity contribution in [2.75, 3.05) is 20.3 Å². The first-order valence-electron chi connectivity index (χ1n) is 10.7. The Balaban J connectivity index is 1.52. The van der Waals surface area contributed by atoms with E-state index in [0.29, 0.717) is 16.3 Å². The number of Topliss-reactive ketones (excluding diaryl/α,β-unsaturated/α-hetero) is 1. The van der Waals surface area contributed by atoms with Gasteiger partial charge in [-0.3, -0.25) is 4.79 Å². The number of halogens is 1. The molecule has 6 nitrogen and oxygen atoms in total. The van der Waals surface area contributed by atoms with Gasteiger partial charge in [-0.15, -0.1) is 0 Å². The van der Waals surface area contributed by atoms with Crippen molar-refractivity contribution in [3.63, 3.8) is 0 Å². The van der Waals surface area contributed by atoms with Crippen LogP contribution < -0.4 is 9.47 Å². The molecule has 0 N–H and O–H groups in total. The highest BCUT2D eigenvalue weighted by atomic mass is 35.5. The molecular weight excluding hydrogens is 442 g/mol. The summed E-state index contributed by atoms with van der Waals surface area (Å²) < 4.78 is 17.8. The molecule has 33 heavy (non-hydrogen) atoms. The summed E-state index contributed by atoms with van der Waals surface area (Å²) in [5, 5.41) is 0.622. The molecule has 0 fully saturated rings. The van der Waals surface area contributed by atoms with Crippen molar-refractivity contribution in [1.29, 1.82) is 0 Å². The van der Waals surface area contributed by atoms with Crippen molar-refractivity contribution >= 4 is 23.4 Å². The number of aromatic nitrogens is 1. The monoisotopic (exact) mass is 469 g/mol. The highest BCUT2D eigenvalue weighted by Crippen LogP contribution is 2.21. The fourth-order valence-electron chi connectivity index (χ4n) is 3.58. The van der Waals surface area contributed by atoms with Crippen molar-refractivity contribution in [2.45, 2.75) is 33.7 Å². The Kier molecular flexibility index (Phi) is 8.17. The number of hydrogen-bond donors (Lipinski definition) is 0. The van der Waals surface area contributed by atoms with Crippen molar-refractivity contribution < 1.29 is 23.8 Å². The smallest absolute Gasteiger partial charge is 0.344 e. The predicted molar refractivity (Wildman–Crippen MR) is 128 cm³/mol. The van der Waals surface area contributed by atoms with E-state index < -0.39 is 5.97 Å². The number of rotatable bonds is 10. The summed E-state index contributed by atoms with van der Waals surface area (Å²) in [5.41, 5.74) is 4.43. The molecule has 0 atom stereocenters. The third kappa shape index (κ3) is 6.39. The van der Waals surface area contributed by atoms with Crippen molar-refractivity contribution in [3.05, 3.63) is 81.6 Å². The van der Waals surface area contributed by atoms with Gasteiger partial charge in [-0.05, 0) is 74.7 Å². The normalized spacial score (nSPS) is 10.7. The fraction of sp³-hybridized carbons (Fsp3) is 0.308. The van der Waals surface area contributed by atoms with E-state index in [1.165, 1.54) is 5.56 Å². The Hall–Kier alpha value is -3.25. The second-order valence-corrected chi connectivity index (χ2v) is 8.23. The Morgan fingerprint density at radius 2 is 1.64 bits per heavy atom. The molecule has 0 spiro atoms. The van der Waals surface area contributed by atoms with Crippen LogP contribution in [0.2, 0.25) is 5.02 Å². The summed E-state index contributed by atoms with van der Waals surface area (Å²) in [6, 6.07) is 14.9. The SMILES string of the molecule is COc1ccc(CCn2c(C)cc(C(=O)COC(=O)COc3ccc(Cl)c(C)c3)c2C)cc1. The lowest BCUT2D eigenvalue weighted by atomic mass is 10.1. The molecule has 0 saturated carbocycles. The number of esters is 1. The summed E-state index contributed by atoms with van der Waals surface area (Å²) in [5.74, 6) is 0.488. The lowest BCUT2D eigenvalue weighted by molar-refractivity contribution is -0.144. The van der Waals surface area contributed by atoms with Gasteiger partial charge in [0.05, 0.1) is 7.11 Å². The maximum atomic E-state index is 12.7. The molecule has 3 rings (SSSR count). The minimum atomic E-state index is -0.607. The average molecular weight is 470 g/mol. The Morgan fingerprint density at radius 1 is 0.939 bits per heavy atom. The largest absolute Gasteiger partial charge is 0.497 e. The highest BCUT2D eigenvalue weighted by Gasteiger charge is 2.17. The Morgan fingerprint density at radius 3 is 2.30 bits per heavy atom. The molecule has 0 bridgehead atoms. The molecule has 174 valence electrons. The zero-order valence-corrected chi connectivity index (χ0v) is 20.1. The summed E-state index contributed by atoms with van der Waals surface area (Å²) in [6.45, 7) is 5.85. The minimum absolute atomic E-state index is 0.241. The first-order valence-corrected chi connectivity index (χ1v) is 11.0. The summed E-state index contributed by atoms with van der Waals surface area (Å²) in [4.78, 5) is 24.7. The van der Waals surface area contributed by atoms with Crippen molar-refractivity contribution in [2.24, 2.45) is 0 Å². The third-order valence-corrected chi connectivity index (χ3v) is 5.93. The van der Waals surface area contributed by atoms with Gasteiger partial charge in [-0.25, -0.2) is 4.79 Å². The molecule has 0 aliphatic carbocycles. The van der Waals surface area contributed by atoms with E-state index in [-0.39, 0.29) is 19.0 Å². The van der Waals surface area contributed by atoms with E-state index in [2.05, 4.69) is 4.57 Å². The van der Waals surface area contributed by atoms with Gasteiger partial charge in [0.25, 0.3) is 0 Å². The molecule has 3 aromatic rings. The van der Waals surface area contributed by atoms with E-state index >= 15 is 0 Å². The van der Waals surface area contributed by atoms with Crippen LogP contribution in [-0.4, -0.2) is 36.6 Å². The highest BCUT2D eigenvalue weighted by molar-refractivity contribution is 6.31. The summed E-state index contributed by atoms with van der Waals surface area (Å²) in [6.07, 6.45) is 0.824. The average Bonchev–Trinajstić information content (AvgIpc) is 3.10. The number of hydrogen-bond acceptors (Lipinski definition) is 5. The molecule has 0 radical (unpaired) electrons. The first-order chi connectivity index (χ1) is 15.8. The summed E-state index contributed by atoms with van der Waals surface area (Å²) in [7, 11) is 1.64. The number of carbonyl (C=O) groups is 2. The van der Waals surface area contributed by atoms with E-state index in [1.54, 1.807) is 25.3 Å². The van der Waals surface area contributed by atoms with Gasteiger partial charge in [0.15, 0.2) is 13.2 Å². The molecular formula is C26H28ClNO5. The molecule has 0 aliphatic rings. The molecule has 1 heterocycles. The maximum Gasteiger partial charge on any atom is 0.344 e. The van der Waals surface area contributed by atoms with Crippen LogP contribution >= 0.6 is 11.6 Å². The second-order valence-electron chi connectivity index (χ2n) is 7.82. The lowest BCUT2D eigenvalue weighted by Gasteiger charge is -2.11. The van der Waals surface area contributed by atoms with Crippen molar-refractivity contribution in [3.8, 4) is 11.5 Å². The Bertz CT molecular complexity index is 1130. The zero-order valence-electron chi connectivity index (χ0n) is 19.3. The van der Waals surface area contributed by atoms with Crippen molar-refractivity contribution in [1.82, 2.24) is 4.57 Å². The quantitative estimate of drug-likeness (QED) is 0.304. The minimum Gasteiger partial charge on any atom is -0.497 e. The molecule has 7 heteroatoms. The standard InChI is InChI=1S/C26H28ClNO5/c1-17-13-22(9-10-24(17)27)32-16-26(30)33-15-25(29)23-14-18(2)28(19(23)3)12-11-20-5-7-21(31-4)8-6-20/h5-10,13-14H,11-12,15-16H2,1-4H3. The number of methoxy groups -OCH3 is 1. The van der Waals surface area contributed by atoms with Gasteiger partial charge >= 0.3 is 5.97 Å².